The van der Waals surface area contributed by atoms with E-state index >= 15 is 0 Å². The molecule has 0 aromatic heterocycles. The average molecular weight is 242 g/mol. The maximum absolute atomic E-state index is 9.34. The zero-order chi connectivity index (χ0) is 7.86. The second-order valence-corrected chi connectivity index (χ2v) is 1.40. The van der Waals surface area contributed by atoms with Crippen molar-refractivity contribution in [2.24, 2.45) is 5.73 Å². The molecule has 66 valence electrons. The minimum absolute atomic E-state index is 0. The van der Waals surface area contributed by atoms with Gasteiger partial charge in [-0.3, -0.25) is 0 Å². The topological polar surface area (TPSA) is 86.4 Å². The number of aliphatic hydroxyl groups excluding tert-OH is 1. The van der Waals surface area contributed by atoms with Crippen molar-refractivity contribution < 1.29 is 37.4 Å². The molecule has 1 unspecified atom stereocenters. The Kier molecular flexibility index (Phi) is 19.7. The molecule has 0 bridgehead atoms. The largest absolute Gasteiger partial charge is 1.00 e. The van der Waals surface area contributed by atoms with Crippen LogP contribution in [-0.2, 0) is 27.2 Å². The van der Waals surface area contributed by atoms with E-state index in [2.05, 4.69) is 0 Å². The summed E-state index contributed by atoms with van der Waals surface area (Å²) in [4.78, 5) is 9.34. The number of carboxylic acid groups (broad SMARTS) is 1. The van der Waals surface area contributed by atoms with E-state index in [9.17, 15) is 9.90 Å². The Labute approximate surface area is 75.9 Å². The molecular formula is C5H12AgNO3. The maximum Gasteiger partial charge on any atom is 1.00 e. The van der Waals surface area contributed by atoms with Gasteiger partial charge >= 0.3 is 22.4 Å². The van der Waals surface area contributed by atoms with Gasteiger partial charge in [-0.2, -0.15) is 0 Å². The summed E-state index contributed by atoms with van der Waals surface area (Å²) in [5.74, 6) is -1.44. The molecule has 0 radical (unpaired) electrons. The van der Waals surface area contributed by atoms with Gasteiger partial charge in [0.05, 0.1) is 12.1 Å². The molecule has 5 heteroatoms. The van der Waals surface area contributed by atoms with Crippen molar-refractivity contribution in [2.75, 3.05) is 6.54 Å². The van der Waals surface area contributed by atoms with Gasteiger partial charge < -0.3 is 20.7 Å². The number of carboxylic acids is 1. The predicted molar refractivity (Wildman–Crippen MR) is 31.4 cm³/mol. The van der Waals surface area contributed by atoms with Gasteiger partial charge in [-0.05, 0) is 13.5 Å². The van der Waals surface area contributed by atoms with Gasteiger partial charge in [-0.15, -0.1) is 0 Å². The third kappa shape index (κ3) is 24.2. The van der Waals surface area contributed by atoms with Crippen molar-refractivity contribution in [1.29, 1.82) is 0 Å². The number of hydrogen-bond acceptors (Lipinski definition) is 4. The number of rotatable bonds is 1. The van der Waals surface area contributed by atoms with Crippen LogP contribution in [0.4, 0.5) is 0 Å². The minimum atomic E-state index is -1.44. The van der Waals surface area contributed by atoms with E-state index in [4.69, 9.17) is 10.8 Å². The fourth-order valence-electron chi connectivity index (χ4n) is 0. The third-order valence-corrected chi connectivity index (χ3v) is 0.341. The standard InChI is InChI=1S/C3H6O3.C2H7N.Ag/c1-2(4)3(5)6;1-2-3;/h2,4H,1H3,(H,5,6);2-3H2,1H3;/q;;+1/p-1. The van der Waals surface area contributed by atoms with Crippen LogP contribution in [0.5, 0.6) is 0 Å². The molecule has 4 nitrogen and oxygen atoms in total. The molecule has 0 amide bonds. The van der Waals surface area contributed by atoms with Gasteiger partial charge in [0.1, 0.15) is 0 Å². The van der Waals surface area contributed by atoms with Crippen LogP contribution >= 0.6 is 0 Å². The quantitative estimate of drug-likeness (QED) is 0.525. The van der Waals surface area contributed by atoms with Crippen LogP contribution < -0.4 is 10.8 Å². The van der Waals surface area contributed by atoms with Crippen LogP contribution in [0.1, 0.15) is 13.8 Å². The number of nitrogens with two attached hydrogens (primary N) is 1. The van der Waals surface area contributed by atoms with Gasteiger partial charge in [0.2, 0.25) is 0 Å². The first-order valence-electron chi connectivity index (χ1n) is 2.65. The van der Waals surface area contributed by atoms with Crippen molar-refractivity contribution in [3.63, 3.8) is 0 Å². The molecule has 0 heterocycles. The summed E-state index contributed by atoms with van der Waals surface area (Å²) in [7, 11) is 0. The number of aliphatic carboxylic acids is 1. The monoisotopic (exact) mass is 241 g/mol. The fraction of sp³-hybridized carbons (Fsp3) is 0.800. The number of carbonyl (C=O) groups excluding carboxylic acids is 1. The Morgan fingerprint density at radius 2 is 1.90 bits per heavy atom. The first kappa shape index (κ1) is 16.6. The molecule has 0 aliphatic rings. The summed E-state index contributed by atoms with van der Waals surface area (Å²) in [6, 6.07) is 0. The second kappa shape index (κ2) is 11.9. The molecule has 0 fully saturated rings. The van der Waals surface area contributed by atoms with E-state index in [1.54, 1.807) is 0 Å². The molecule has 10 heavy (non-hydrogen) atoms. The smallest absolute Gasteiger partial charge is 0.547 e. The van der Waals surface area contributed by atoms with Crippen LogP contribution in [-0.4, -0.2) is 23.7 Å². The summed E-state index contributed by atoms with van der Waals surface area (Å²) in [6.07, 6.45) is -1.34. The van der Waals surface area contributed by atoms with Gasteiger partial charge in [-0.25, -0.2) is 0 Å². The summed E-state index contributed by atoms with van der Waals surface area (Å²) in [5, 5.41) is 17.3. The Balaban J connectivity index is -0.000000107. The van der Waals surface area contributed by atoms with E-state index in [1.807, 2.05) is 6.92 Å². The van der Waals surface area contributed by atoms with Gasteiger partial charge in [0.25, 0.3) is 0 Å². The molecule has 0 aliphatic heterocycles. The zero-order valence-electron chi connectivity index (χ0n) is 5.93. The first-order chi connectivity index (χ1) is 4.06. The predicted octanol–water partition coefficient (Wildman–Crippen LogP) is -1.92. The van der Waals surface area contributed by atoms with Crippen molar-refractivity contribution in [3.05, 3.63) is 0 Å². The van der Waals surface area contributed by atoms with Crippen LogP contribution in [0.2, 0.25) is 0 Å². The normalized spacial score (nSPS) is 10.0. The first-order valence-corrected chi connectivity index (χ1v) is 2.65. The van der Waals surface area contributed by atoms with E-state index in [1.165, 1.54) is 0 Å². The van der Waals surface area contributed by atoms with Crippen LogP contribution in [0, 0.1) is 0 Å². The third-order valence-electron chi connectivity index (χ3n) is 0.341. The van der Waals surface area contributed by atoms with Crippen LogP contribution in [0.15, 0.2) is 0 Å². The van der Waals surface area contributed by atoms with Crippen molar-refractivity contribution in [2.45, 2.75) is 20.0 Å². The molecule has 0 saturated carbocycles. The van der Waals surface area contributed by atoms with Crippen molar-refractivity contribution in [1.82, 2.24) is 0 Å². The Bertz CT molecular complexity index is 77.3. The number of aliphatic hydroxyl groups is 1. The van der Waals surface area contributed by atoms with E-state index < -0.39 is 12.1 Å². The van der Waals surface area contributed by atoms with Gasteiger partial charge in [0, 0.05) is 0 Å². The minimum Gasteiger partial charge on any atom is -0.547 e. The molecule has 3 N–H and O–H groups in total. The maximum atomic E-state index is 9.34. The summed E-state index contributed by atoms with van der Waals surface area (Å²) >= 11 is 0. The van der Waals surface area contributed by atoms with Gasteiger partial charge in [0.15, 0.2) is 0 Å². The number of carbonyl (C=O) groups is 1. The molecule has 0 rings (SSSR count). The molecular weight excluding hydrogens is 230 g/mol. The second-order valence-electron chi connectivity index (χ2n) is 1.40. The summed E-state index contributed by atoms with van der Waals surface area (Å²) in [6.45, 7) is 3.79. The summed E-state index contributed by atoms with van der Waals surface area (Å²) in [5.41, 5.74) is 4.85. The average Bonchev–Trinajstić information content (AvgIpc) is 1.68. The van der Waals surface area contributed by atoms with Crippen LogP contribution in [0.3, 0.4) is 0 Å². The molecule has 0 saturated heterocycles. The van der Waals surface area contributed by atoms with Gasteiger partial charge in [-0.1, -0.05) is 6.92 Å². The van der Waals surface area contributed by atoms with E-state index in [-0.39, 0.29) is 22.4 Å². The van der Waals surface area contributed by atoms with E-state index in [0.29, 0.717) is 0 Å². The molecule has 0 aromatic rings. The Morgan fingerprint density at radius 1 is 1.80 bits per heavy atom. The van der Waals surface area contributed by atoms with E-state index in [0.717, 1.165) is 13.5 Å². The zero-order valence-corrected chi connectivity index (χ0v) is 7.41. The molecule has 0 aliphatic carbocycles. The SMILES string of the molecule is CC(O)C(=O)[O-].CCN.[Ag+]. The Morgan fingerprint density at radius 3 is 1.90 bits per heavy atom. The molecule has 0 aromatic carbocycles. The van der Waals surface area contributed by atoms with Crippen molar-refractivity contribution in [3.8, 4) is 0 Å². The fourth-order valence-corrected chi connectivity index (χ4v) is 0. The summed E-state index contributed by atoms with van der Waals surface area (Å²) < 4.78 is 0. The van der Waals surface area contributed by atoms with Crippen LogP contribution in [0.25, 0.3) is 0 Å². The molecule has 0 spiro atoms. The number of hydrogen-bond donors (Lipinski definition) is 2. The Hall–Kier alpha value is 0.130. The van der Waals surface area contributed by atoms with Crippen molar-refractivity contribution >= 4 is 5.97 Å². The molecule has 1 atom stereocenters.